The summed E-state index contributed by atoms with van der Waals surface area (Å²) in [6.45, 7) is 3.17. The van der Waals surface area contributed by atoms with Crippen LogP contribution >= 0.6 is 0 Å². The Balaban J connectivity index is 2.94. The third-order valence-electron chi connectivity index (χ3n) is 0.611. The van der Waals surface area contributed by atoms with Crippen LogP contribution in [0.5, 0.6) is 0 Å². The molecule has 2 nitrogen and oxygen atoms in total. The third kappa shape index (κ3) is 5.19. The van der Waals surface area contributed by atoms with Crippen LogP contribution in [0, 0.1) is 11.3 Å². The predicted octanol–water partition coefficient (Wildman–Crippen LogP) is 1.10. The molecule has 0 N–H and O–H groups in total. The largest absolute Gasteiger partial charge is 0.378 e. The molecule has 0 unspecified atom stereocenters. The van der Waals surface area contributed by atoms with Gasteiger partial charge in [-0.1, -0.05) is 0 Å². The number of nitriles is 1. The molecule has 0 atom stereocenters. The molecule has 0 aromatic rings. The van der Waals surface area contributed by atoms with Gasteiger partial charge >= 0.3 is 0 Å². The minimum absolute atomic E-state index is 0.546. The van der Waals surface area contributed by atoms with Gasteiger partial charge in [-0.15, -0.1) is 0 Å². The summed E-state index contributed by atoms with van der Waals surface area (Å²) in [6, 6.07) is 1.87. The average Bonchev–Trinajstić information content (AvgIpc) is 1.81. The zero-order valence-corrected chi connectivity index (χ0v) is 4.92. The van der Waals surface area contributed by atoms with Crippen molar-refractivity contribution >= 4 is 0 Å². The van der Waals surface area contributed by atoms with Gasteiger partial charge in [0.05, 0.1) is 12.7 Å². The van der Waals surface area contributed by atoms with Crippen molar-refractivity contribution in [1.29, 1.82) is 5.26 Å². The average molecular weight is 111 g/mol. The van der Waals surface area contributed by atoms with Crippen molar-refractivity contribution in [2.45, 2.75) is 6.92 Å². The second kappa shape index (κ2) is 6.19. The van der Waals surface area contributed by atoms with Crippen molar-refractivity contribution in [3.8, 4) is 6.07 Å². The number of hydrogen-bond donors (Lipinski definition) is 0. The minimum Gasteiger partial charge on any atom is -0.378 e. The molecule has 0 aromatic heterocycles. The fourth-order valence-corrected chi connectivity index (χ4v) is 0.287. The molecular weight excluding hydrogens is 102 g/mol. The molecule has 0 aliphatic carbocycles. The van der Waals surface area contributed by atoms with Crippen molar-refractivity contribution in [1.82, 2.24) is 0 Å². The highest BCUT2D eigenvalue weighted by molar-refractivity contribution is 5.01. The summed E-state index contributed by atoms with van der Waals surface area (Å²) >= 11 is 0. The smallest absolute Gasteiger partial charge is 0.0909 e. The SMILES string of the molecule is CCOCC=CC#N. The second-order valence-corrected chi connectivity index (χ2v) is 1.19. The molecule has 0 aliphatic rings. The molecule has 0 aromatic carbocycles. The van der Waals surface area contributed by atoms with Gasteiger partial charge in [-0.2, -0.15) is 5.26 Å². The maximum atomic E-state index is 7.97. The van der Waals surface area contributed by atoms with Crippen LogP contribution in [0.15, 0.2) is 12.2 Å². The lowest BCUT2D eigenvalue weighted by Crippen LogP contribution is -1.87. The van der Waals surface area contributed by atoms with E-state index in [9.17, 15) is 0 Å². The zero-order valence-electron chi connectivity index (χ0n) is 4.92. The highest BCUT2D eigenvalue weighted by Crippen LogP contribution is 1.74. The highest BCUT2D eigenvalue weighted by atomic mass is 16.5. The van der Waals surface area contributed by atoms with Crippen LogP contribution in [0.4, 0.5) is 0 Å². The Hall–Kier alpha value is -0.810. The van der Waals surface area contributed by atoms with E-state index in [1.807, 2.05) is 13.0 Å². The lowest BCUT2D eigenvalue weighted by Gasteiger charge is -1.89. The Labute approximate surface area is 49.4 Å². The Morgan fingerprint density at radius 1 is 1.75 bits per heavy atom. The van der Waals surface area contributed by atoms with Crippen LogP contribution in [0.2, 0.25) is 0 Å². The van der Waals surface area contributed by atoms with E-state index in [4.69, 9.17) is 10.00 Å². The van der Waals surface area contributed by atoms with Crippen LogP contribution in [0.3, 0.4) is 0 Å². The molecule has 0 saturated carbocycles. The fraction of sp³-hybridized carbons (Fsp3) is 0.500. The second-order valence-electron chi connectivity index (χ2n) is 1.19. The molecule has 0 fully saturated rings. The molecule has 2 heteroatoms. The van der Waals surface area contributed by atoms with Gasteiger partial charge in [-0.3, -0.25) is 0 Å². The van der Waals surface area contributed by atoms with E-state index < -0.39 is 0 Å². The van der Waals surface area contributed by atoms with Gasteiger partial charge < -0.3 is 4.74 Å². The monoisotopic (exact) mass is 111 g/mol. The first-order valence-electron chi connectivity index (χ1n) is 2.54. The minimum atomic E-state index is 0.546. The summed E-state index contributed by atoms with van der Waals surface area (Å²) in [5.74, 6) is 0. The van der Waals surface area contributed by atoms with Gasteiger partial charge in [0.25, 0.3) is 0 Å². The lowest BCUT2D eigenvalue weighted by molar-refractivity contribution is 0.177. The van der Waals surface area contributed by atoms with Gasteiger partial charge in [-0.25, -0.2) is 0 Å². The van der Waals surface area contributed by atoms with E-state index in [0.29, 0.717) is 13.2 Å². The Morgan fingerprint density at radius 3 is 3.00 bits per heavy atom. The van der Waals surface area contributed by atoms with E-state index in [1.54, 1.807) is 6.08 Å². The van der Waals surface area contributed by atoms with Crippen molar-refractivity contribution < 1.29 is 4.74 Å². The van der Waals surface area contributed by atoms with Gasteiger partial charge in [-0.05, 0) is 13.0 Å². The van der Waals surface area contributed by atoms with Gasteiger partial charge in [0.1, 0.15) is 0 Å². The van der Waals surface area contributed by atoms with Crippen LogP contribution in [0.25, 0.3) is 0 Å². The van der Waals surface area contributed by atoms with Crippen molar-refractivity contribution in [2.75, 3.05) is 13.2 Å². The molecule has 0 rings (SSSR count). The summed E-state index contributed by atoms with van der Waals surface area (Å²) < 4.78 is 4.90. The Bertz CT molecular complexity index is 102. The first kappa shape index (κ1) is 7.19. The first-order chi connectivity index (χ1) is 3.91. The molecule has 0 spiro atoms. The van der Waals surface area contributed by atoms with Gasteiger partial charge in [0.2, 0.25) is 0 Å². The van der Waals surface area contributed by atoms with Crippen molar-refractivity contribution in [3.63, 3.8) is 0 Å². The fourth-order valence-electron chi connectivity index (χ4n) is 0.287. The summed E-state index contributed by atoms with van der Waals surface area (Å²) in [4.78, 5) is 0. The topological polar surface area (TPSA) is 33.0 Å². The van der Waals surface area contributed by atoms with E-state index in [0.717, 1.165) is 0 Å². The number of ether oxygens (including phenoxy) is 1. The summed E-state index contributed by atoms with van der Waals surface area (Å²) in [5.41, 5.74) is 0. The van der Waals surface area contributed by atoms with Crippen LogP contribution in [0.1, 0.15) is 6.92 Å². The molecule has 0 amide bonds. The quantitative estimate of drug-likeness (QED) is 0.403. The molecule has 8 heavy (non-hydrogen) atoms. The number of allylic oxidation sites excluding steroid dienone is 1. The van der Waals surface area contributed by atoms with Gasteiger partial charge in [0.15, 0.2) is 0 Å². The van der Waals surface area contributed by atoms with Crippen molar-refractivity contribution in [2.24, 2.45) is 0 Å². The van der Waals surface area contributed by atoms with E-state index in [2.05, 4.69) is 0 Å². The maximum Gasteiger partial charge on any atom is 0.0909 e. The van der Waals surface area contributed by atoms with Crippen LogP contribution in [-0.4, -0.2) is 13.2 Å². The highest BCUT2D eigenvalue weighted by Gasteiger charge is 1.71. The predicted molar refractivity (Wildman–Crippen MR) is 31.2 cm³/mol. The summed E-state index contributed by atoms with van der Waals surface area (Å²) in [7, 11) is 0. The van der Waals surface area contributed by atoms with Gasteiger partial charge in [0, 0.05) is 12.7 Å². The normalized spacial score (nSPS) is 9.50. The molecular formula is C6H9NO. The molecule has 0 bridgehead atoms. The zero-order chi connectivity index (χ0) is 6.24. The van der Waals surface area contributed by atoms with Crippen LogP contribution < -0.4 is 0 Å². The first-order valence-corrected chi connectivity index (χ1v) is 2.54. The Kier molecular flexibility index (Phi) is 5.56. The number of rotatable bonds is 3. The Morgan fingerprint density at radius 2 is 2.50 bits per heavy atom. The lowest BCUT2D eigenvalue weighted by atomic mass is 10.5. The van der Waals surface area contributed by atoms with E-state index in [-0.39, 0.29) is 0 Å². The molecule has 44 valence electrons. The molecule has 0 heterocycles. The third-order valence-corrected chi connectivity index (χ3v) is 0.611. The number of nitrogens with zero attached hydrogens (tertiary/aromatic N) is 1. The van der Waals surface area contributed by atoms with Crippen molar-refractivity contribution in [3.05, 3.63) is 12.2 Å². The molecule has 0 aliphatic heterocycles. The summed E-state index contributed by atoms with van der Waals surface area (Å²) in [5, 5.41) is 7.97. The number of hydrogen-bond acceptors (Lipinski definition) is 2. The molecule has 0 radical (unpaired) electrons. The maximum absolute atomic E-state index is 7.97. The summed E-state index contributed by atoms with van der Waals surface area (Å²) in [6.07, 6.45) is 3.10. The van der Waals surface area contributed by atoms with Crippen LogP contribution in [-0.2, 0) is 4.74 Å². The molecule has 0 saturated heterocycles. The van der Waals surface area contributed by atoms with E-state index in [1.165, 1.54) is 6.08 Å². The standard InChI is InChI=1S/C6H9NO/c1-2-8-6-4-3-5-7/h3-4H,2,6H2,1H3. The van der Waals surface area contributed by atoms with E-state index >= 15 is 0 Å².